The van der Waals surface area contributed by atoms with Crippen LogP contribution in [0.1, 0.15) is 39.0 Å². The van der Waals surface area contributed by atoms with E-state index >= 15 is 0 Å². The fourth-order valence-corrected chi connectivity index (χ4v) is 1.17. The Balaban J connectivity index is 2.56. The third-order valence-electron chi connectivity index (χ3n) is 1.82. The van der Waals surface area contributed by atoms with E-state index in [-0.39, 0.29) is 0 Å². The largest absolute Gasteiger partial charge is 0.378 e. The second-order valence-electron chi connectivity index (χ2n) is 3.14. The van der Waals surface area contributed by atoms with Crippen molar-refractivity contribution in [3.8, 4) is 11.8 Å². The standard InChI is InChI=1S/C9H14O/c1-9(10)7-5-3-2-4-6-8-9/h10H,2-5,7H2,1H3. The van der Waals surface area contributed by atoms with Crippen LogP contribution in [0.3, 0.4) is 0 Å². The molecule has 56 valence electrons. The number of aliphatic hydroxyl groups is 1. The van der Waals surface area contributed by atoms with Gasteiger partial charge in [0, 0.05) is 6.42 Å². The summed E-state index contributed by atoms with van der Waals surface area (Å²) in [5, 5.41) is 9.51. The van der Waals surface area contributed by atoms with Gasteiger partial charge in [0.1, 0.15) is 5.60 Å². The van der Waals surface area contributed by atoms with Crippen molar-refractivity contribution in [3.05, 3.63) is 0 Å². The van der Waals surface area contributed by atoms with E-state index in [1.54, 1.807) is 6.92 Å². The van der Waals surface area contributed by atoms with E-state index in [0.29, 0.717) is 0 Å². The van der Waals surface area contributed by atoms with Crippen molar-refractivity contribution in [2.75, 3.05) is 0 Å². The third-order valence-corrected chi connectivity index (χ3v) is 1.82. The zero-order valence-corrected chi connectivity index (χ0v) is 6.48. The SMILES string of the molecule is CC1(O)C#CCCCCC1. The second kappa shape index (κ2) is 3.07. The number of hydrogen-bond donors (Lipinski definition) is 1. The van der Waals surface area contributed by atoms with Crippen molar-refractivity contribution in [1.29, 1.82) is 0 Å². The highest BCUT2D eigenvalue weighted by atomic mass is 16.3. The first kappa shape index (κ1) is 7.63. The molecule has 1 aliphatic carbocycles. The summed E-state index contributed by atoms with van der Waals surface area (Å²) >= 11 is 0. The van der Waals surface area contributed by atoms with Crippen LogP contribution in [0.4, 0.5) is 0 Å². The van der Waals surface area contributed by atoms with E-state index < -0.39 is 5.60 Å². The summed E-state index contributed by atoms with van der Waals surface area (Å²) in [6.07, 6.45) is 5.31. The molecule has 0 amide bonds. The minimum atomic E-state index is -0.708. The monoisotopic (exact) mass is 138 g/mol. The van der Waals surface area contributed by atoms with E-state index in [1.165, 1.54) is 12.8 Å². The fourth-order valence-electron chi connectivity index (χ4n) is 1.17. The molecule has 1 aliphatic rings. The highest BCUT2D eigenvalue weighted by molar-refractivity contribution is 5.12. The molecule has 0 fully saturated rings. The van der Waals surface area contributed by atoms with E-state index in [1.807, 2.05) is 0 Å². The molecule has 0 aromatic carbocycles. The Morgan fingerprint density at radius 1 is 1.30 bits per heavy atom. The Kier molecular flexibility index (Phi) is 2.34. The van der Waals surface area contributed by atoms with Crippen molar-refractivity contribution < 1.29 is 5.11 Å². The van der Waals surface area contributed by atoms with Gasteiger partial charge in [0.05, 0.1) is 0 Å². The van der Waals surface area contributed by atoms with Crippen molar-refractivity contribution >= 4 is 0 Å². The van der Waals surface area contributed by atoms with Crippen LogP contribution in [-0.4, -0.2) is 10.7 Å². The lowest BCUT2D eigenvalue weighted by Gasteiger charge is -2.17. The average molecular weight is 138 g/mol. The quantitative estimate of drug-likeness (QED) is 0.505. The molecule has 0 saturated carbocycles. The van der Waals surface area contributed by atoms with Gasteiger partial charge in [-0.2, -0.15) is 0 Å². The van der Waals surface area contributed by atoms with Crippen LogP contribution in [0.5, 0.6) is 0 Å². The summed E-state index contributed by atoms with van der Waals surface area (Å²) < 4.78 is 0. The Bertz CT molecular complexity index is 159. The second-order valence-corrected chi connectivity index (χ2v) is 3.14. The Labute approximate surface area is 62.4 Å². The molecule has 1 atom stereocenters. The third kappa shape index (κ3) is 2.41. The topological polar surface area (TPSA) is 20.2 Å². The zero-order valence-electron chi connectivity index (χ0n) is 6.48. The lowest BCUT2D eigenvalue weighted by molar-refractivity contribution is 0.108. The predicted octanol–water partition coefficient (Wildman–Crippen LogP) is 1.70. The molecule has 1 rings (SSSR count). The molecule has 0 saturated heterocycles. The van der Waals surface area contributed by atoms with Gasteiger partial charge in [-0.3, -0.25) is 0 Å². The van der Waals surface area contributed by atoms with Crippen molar-refractivity contribution in [3.63, 3.8) is 0 Å². The van der Waals surface area contributed by atoms with E-state index in [0.717, 1.165) is 19.3 Å². The molecule has 1 heteroatoms. The molecule has 0 heterocycles. The summed E-state index contributed by atoms with van der Waals surface area (Å²) in [6, 6.07) is 0. The van der Waals surface area contributed by atoms with Crippen LogP contribution in [0, 0.1) is 11.8 Å². The summed E-state index contributed by atoms with van der Waals surface area (Å²) in [5.74, 6) is 5.84. The Morgan fingerprint density at radius 3 is 2.90 bits per heavy atom. The summed E-state index contributed by atoms with van der Waals surface area (Å²) in [4.78, 5) is 0. The van der Waals surface area contributed by atoms with Gasteiger partial charge in [-0.1, -0.05) is 12.3 Å². The van der Waals surface area contributed by atoms with Crippen LogP contribution in [0.15, 0.2) is 0 Å². The van der Waals surface area contributed by atoms with Gasteiger partial charge in [-0.05, 0) is 26.2 Å². The molecule has 1 unspecified atom stereocenters. The van der Waals surface area contributed by atoms with Crippen LogP contribution in [-0.2, 0) is 0 Å². The van der Waals surface area contributed by atoms with Crippen LogP contribution < -0.4 is 0 Å². The smallest absolute Gasteiger partial charge is 0.122 e. The molecule has 0 spiro atoms. The fraction of sp³-hybridized carbons (Fsp3) is 0.778. The normalized spacial score (nSPS) is 33.4. The first-order valence-corrected chi connectivity index (χ1v) is 3.93. The van der Waals surface area contributed by atoms with Gasteiger partial charge in [0.25, 0.3) is 0 Å². The van der Waals surface area contributed by atoms with Gasteiger partial charge in [-0.25, -0.2) is 0 Å². The van der Waals surface area contributed by atoms with Crippen LogP contribution in [0.25, 0.3) is 0 Å². The van der Waals surface area contributed by atoms with Crippen molar-refractivity contribution in [1.82, 2.24) is 0 Å². The molecule has 1 nitrogen and oxygen atoms in total. The van der Waals surface area contributed by atoms with E-state index in [2.05, 4.69) is 11.8 Å². The van der Waals surface area contributed by atoms with Crippen molar-refractivity contribution in [2.45, 2.75) is 44.6 Å². The predicted molar refractivity (Wildman–Crippen MR) is 41.5 cm³/mol. The molecular formula is C9H14O. The highest BCUT2D eigenvalue weighted by Gasteiger charge is 2.16. The molecule has 1 N–H and O–H groups in total. The molecule has 0 aromatic heterocycles. The Morgan fingerprint density at radius 2 is 2.10 bits per heavy atom. The number of rotatable bonds is 0. The molecule has 0 radical (unpaired) electrons. The minimum absolute atomic E-state index is 0.708. The van der Waals surface area contributed by atoms with Gasteiger partial charge in [-0.15, -0.1) is 5.92 Å². The maximum Gasteiger partial charge on any atom is 0.122 e. The summed E-state index contributed by atoms with van der Waals surface area (Å²) in [5.41, 5.74) is -0.708. The average Bonchev–Trinajstić information content (AvgIpc) is 1.81. The molecule has 0 bridgehead atoms. The highest BCUT2D eigenvalue weighted by Crippen LogP contribution is 2.16. The summed E-state index contributed by atoms with van der Waals surface area (Å²) in [6.45, 7) is 1.80. The van der Waals surface area contributed by atoms with Gasteiger partial charge in [0.2, 0.25) is 0 Å². The molecule has 0 aromatic rings. The van der Waals surface area contributed by atoms with Gasteiger partial charge in [0.15, 0.2) is 0 Å². The van der Waals surface area contributed by atoms with E-state index in [9.17, 15) is 5.11 Å². The maximum atomic E-state index is 9.51. The maximum absolute atomic E-state index is 9.51. The lowest BCUT2D eigenvalue weighted by Crippen LogP contribution is -2.21. The molecule has 10 heavy (non-hydrogen) atoms. The first-order valence-electron chi connectivity index (χ1n) is 3.93. The molecular weight excluding hydrogens is 124 g/mol. The number of hydrogen-bond acceptors (Lipinski definition) is 1. The van der Waals surface area contributed by atoms with Gasteiger partial charge < -0.3 is 5.11 Å². The van der Waals surface area contributed by atoms with E-state index in [4.69, 9.17) is 0 Å². The first-order chi connectivity index (χ1) is 4.71. The minimum Gasteiger partial charge on any atom is -0.378 e. The van der Waals surface area contributed by atoms with Crippen LogP contribution >= 0.6 is 0 Å². The zero-order chi connectivity index (χ0) is 7.45. The summed E-state index contributed by atoms with van der Waals surface area (Å²) in [7, 11) is 0. The molecule has 0 aliphatic heterocycles. The Hall–Kier alpha value is -0.480. The van der Waals surface area contributed by atoms with Crippen molar-refractivity contribution in [2.24, 2.45) is 0 Å². The van der Waals surface area contributed by atoms with Crippen LogP contribution in [0.2, 0.25) is 0 Å². The van der Waals surface area contributed by atoms with Gasteiger partial charge >= 0.3 is 0 Å². The lowest BCUT2D eigenvalue weighted by atomic mass is 9.96.